The summed E-state index contributed by atoms with van der Waals surface area (Å²) in [5.74, 6) is 0.541. The predicted molar refractivity (Wildman–Crippen MR) is 116 cm³/mol. The molecule has 1 saturated carbocycles. The summed E-state index contributed by atoms with van der Waals surface area (Å²) in [6, 6.07) is 4.36. The van der Waals surface area contributed by atoms with Crippen LogP contribution in [0.15, 0.2) is 16.6 Å². The third kappa shape index (κ3) is 5.55. The lowest BCUT2D eigenvalue weighted by Crippen LogP contribution is -2.44. The molecular weight excluding hydrogens is 420 g/mol. The van der Waals surface area contributed by atoms with Gasteiger partial charge >= 0.3 is 0 Å². The molecular formula is C22H33BrN2O3. The highest BCUT2D eigenvalue weighted by Gasteiger charge is 2.30. The molecule has 6 heteroatoms. The SMILES string of the molecule is CCCOC1CCC(N2CCC(Cc3cc(C)c(Br)cc3[N+](=O)[O-])CC2)CC1. The van der Waals surface area contributed by atoms with E-state index in [0.29, 0.717) is 18.1 Å². The lowest BCUT2D eigenvalue weighted by atomic mass is 9.86. The van der Waals surface area contributed by atoms with E-state index in [0.717, 1.165) is 61.0 Å². The minimum absolute atomic E-state index is 0.242. The van der Waals surface area contributed by atoms with E-state index in [2.05, 4.69) is 27.8 Å². The number of benzene rings is 1. The molecule has 1 aromatic rings. The van der Waals surface area contributed by atoms with Gasteiger partial charge in [-0.05, 0) is 88.9 Å². The maximum absolute atomic E-state index is 11.4. The highest BCUT2D eigenvalue weighted by atomic mass is 79.9. The zero-order valence-corrected chi connectivity index (χ0v) is 18.7. The van der Waals surface area contributed by atoms with Crippen LogP contribution in [0.4, 0.5) is 5.69 Å². The Labute approximate surface area is 177 Å². The first-order valence-electron chi connectivity index (χ1n) is 10.8. The van der Waals surface area contributed by atoms with E-state index in [9.17, 15) is 10.1 Å². The Kier molecular flexibility index (Phi) is 7.89. The Balaban J connectivity index is 1.50. The predicted octanol–water partition coefficient (Wildman–Crippen LogP) is 5.66. The second-order valence-electron chi connectivity index (χ2n) is 8.47. The average molecular weight is 453 g/mol. The van der Waals surface area contributed by atoms with Gasteiger partial charge in [0.05, 0.1) is 11.0 Å². The number of nitro benzene ring substituents is 1. The molecule has 1 aromatic carbocycles. The van der Waals surface area contributed by atoms with Crippen molar-refractivity contribution in [3.05, 3.63) is 37.8 Å². The molecule has 1 saturated heterocycles. The van der Waals surface area contributed by atoms with Gasteiger partial charge in [-0.1, -0.05) is 22.9 Å². The van der Waals surface area contributed by atoms with Gasteiger partial charge in [0, 0.05) is 28.8 Å². The minimum Gasteiger partial charge on any atom is -0.378 e. The van der Waals surface area contributed by atoms with Gasteiger partial charge in [0.1, 0.15) is 0 Å². The van der Waals surface area contributed by atoms with Gasteiger partial charge in [0.25, 0.3) is 5.69 Å². The van der Waals surface area contributed by atoms with Crippen LogP contribution in [0.25, 0.3) is 0 Å². The second kappa shape index (κ2) is 10.2. The van der Waals surface area contributed by atoms with Gasteiger partial charge in [-0.25, -0.2) is 0 Å². The summed E-state index contributed by atoms with van der Waals surface area (Å²) in [6.45, 7) is 7.31. The first-order valence-corrected chi connectivity index (χ1v) is 11.6. The van der Waals surface area contributed by atoms with E-state index in [1.54, 1.807) is 6.07 Å². The number of hydrogen-bond acceptors (Lipinski definition) is 4. The summed E-state index contributed by atoms with van der Waals surface area (Å²) in [5, 5.41) is 11.4. The molecule has 1 aliphatic carbocycles. The third-order valence-electron chi connectivity index (χ3n) is 6.43. The topological polar surface area (TPSA) is 55.6 Å². The number of piperidine rings is 1. The fourth-order valence-electron chi connectivity index (χ4n) is 4.76. The maximum atomic E-state index is 11.4. The summed E-state index contributed by atoms with van der Waals surface area (Å²) in [4.78, 5) is 13.9. The molecule has 0 bridgehead atoms. The zero-order chi connectivity index (χ0) is 20.1. The van der Waals surface area contributed by atoms with Crippen molar-refractivity contribution in [1.82, 2.24) is 4.90 Å². The van der Waals surface area contributed by atoms with Crippen molar-refractivity contribution >= 4 is 21.6 Å². The minimum atomic E-state index is -0.242. The molecule has 3 rings (SSSR count). The van der Waals surface area contributed by atoms with E-state index in [4.69, 9.17) is 4.74 Å². The number of nitrogens with zero attached hydrogens (tertiary/aromatic N) is 2. The molecule has 5 nitrogen and oxygen atoms in total. The molecule has 0 atom stereocenters. The summed E-state index contributed by atoms with van der Waals surface area (Å²) < 4.78 is 6.74. The molecule has 2 fully saturated rings. The van der Waals surface area contributed by atoms with E-state index in [1.165, 1.54) is 25.7 Å². The number of nitro groups is 1. The highest BCUT2D eigenvalue weighted by Crippen LogP contribution is 2.33. The van der Waals surface area contributed by atoms with Crippen LogP contribution in [0.2, 0.25) is 0 Å². The molecule has 0 amide bonds. The monoisotopic (exact) mass is 452 g/mol. The fourth-order valence-corrected chi connectivity index (χ4v) is 5.09. The normalized spacial score (nSPS) is 24.4. The molecule has 2 aliphatic rings. The molecule has 0 unspecified atom stereocenters. The number of aryl methyl sites for hydroxylation is 1. The van der Waals surface area contributed by atoms with Gasteiger partial charge in [-0.15, -0.1) is 0 Å². The van der Waals surface area contributed by atoms with Crippen LogP contribution < -0.4 is 0 Å². The summed E-state index contributed by atoms with van der Waals surface area (Å²) in [7, 11) is 0. The maximum Gasteiger partial charge on any atom is 0.273 e. The van der Waals surface area contributed by atoms with Crippen LogP contribution in [0.3, 0.4) is 0 Å². The van der Waals surface area contributed by atoms with Crippen LogP contribution in [-0.2, 0) is 11.2 Å². The van der Waals surface area contributed by atoms with Gasteiger partial charge in [-0.2, -0.15) is 0 Å². The summed E-state index contributed by atoms with van der Waals surface area (Å²) in [5.41, 5.74) is 2.21. The van der Waals surface area contributed by atoms with Gasteiger partial charge in [-0.3, -0.25) is 10.1 Å². The highest BCUT2D eigenvalue weighted by molar-refractivity contribution is 9.10. The number of halogens is 1. The number of rotatable bonds is 7. The lowest BCUT2D eigenvalue weighted by Gasteiger charge is -2.40. The molecule has 28 heavy (non-hydrogen) atoms. The van der Waals surface area contributed by atoms with Gasteiger partial charge < -0.3 is 9.64 Å². The van der Waals surface area contributed by atoms with Crippen LogP contribution in [0.5, 0.6) is 0 Å². The summed E-state index contributed by atoms with van der Waals surface area (Å²) in [6.07, 6.45) is 9.53. The zero-order valence-electron chi connectivity index (χ0n) is 17.2. The molecule has 1 aliphatic heterocycles. The first kappa shape index (κ1) is 21.7. The van der Waals surface area contributed by atoms with Crippen molar-refractivity contribution in [2.24, 2.45) is 5.92 Å². The Morgan fingerprint density at radius 3 is 2.46 bits per heavy atom. The Hall–Kier alpha value is -0.980. The standard InChI is InChI=1S/C22H33BrN2O3/c1-3-12-28-20-6-4-19(5-7-20)24-10-8-17(9-11-24)14-18-13-16(2)21(23)15-22(18)25(26)27/h13,15,17,19-20H,3-12,14H2,1-2H3. The van der Waals surface area contributed by atoms with Crippen molar-refractivity contribution in [3.8, 4) is 0 Å². The van der Waals surface area contributed by atoms with E-state index >= 15 is 0 Å². The molecule has 0 spiro atoms. The molecule has 0 aromatic heterocycles. The lowest BCUT2D eigenvalue weighted by molar-refractivity contribution is -0.385. The number of hydrogen-bond donors (Lipinski definition) is 0. The van der Waals surface area contributed by atoms with Crippen molar-refractivity contribution in [2.45, 2.75) is 77.4 Å². The van der Waals surface area contributed by atoms with E-state index in [1.807, 2.05) is 13.0 Å². The van der Waals surface area contributed by atoms with Crippen LogP contribution >= 0.6 is 15.9 Å². The van der Waals surface area contributed by atoms with Crippen LogP contribution in [0, 0.1) is 23.0 Å². The van der Waals surface area contributed by atoms with Gasteiger partial charge in [0.15, 0.2) is 0 Å². The van der Waals surface area contributed by atoms with Crippen molar-refractivity contribution in [2.75, 3.05) is 19.7 Å². The molecule has 0 radical (unpaired) electrons. The quantitative estimate of drug-likeness (QED) is 0.395. The fraction of sp³-hybridized carbons (Fsp3) is 0.727. The van der Waals surface area contributed by atoms with Crippen LogP contribution in [0.1, 0.15) is 63.0 Å². The Bertz CT molecular complexity index is 666. The number of ether oxygens (including phenoxy) is 1. The van der Waals surface area contributed by atoms with E-state index in [-0.39, 0.29) is 10.6 Å². The molecule has 156 valence electrons. The van der Waals surface area contributed by atoms with Crippen molar-refractivity contribution in [1.29, 1.82) is 0 Å². The molecule has 1 heterocycles. The second-order valence-corrected chi connectivity index (χ2v) is 9.33. The summed E-state index contributed by atoms with van der Waals surface area (Å²) >= 11 is 3.42. The Morgan fingerprint density at radius 1 is 1.18 bits per heavy atom. The third-order valence-corrected chi connectivity index (χ3v) is 7.29. The van der Waals surface area contributed by atoms with Crippen LogP contribution in [-0.4, -0.2) is 41.7 Å². The first-order chi connectivity index (χ1) is 13.5. The molecule has 0 N–H and O–H groups in total. The average Bonchev–Trinajstić information content (AvgIpc) is 2.70. The number of likely N-dealkylation sites (tertiary alicyclic amines) is 1. The Morgan fingerprint density at radius 2 is 1.86 bits per heavy atom. The largest absolute Gasteiger partial charge is 0.378 e. The van der Waals surface area contributed by atoms with Gasteiger partial charge in [0.2, 0.25) is 0 Å². The van der Waals surface area contributed by atoms with Crippen molar-refractivity contribution < 1.29 is 9.66 Å². The van der Waals surface area contributed by atoms with E-state index < -0.39 is 0 Å². The van der Waals surface area contributed by atoms with Crippen molar-refractivity contribution in [3.63, 3.8) is 0 Å². The smallest absolute Gasteiger partial charge is 0.273 e.